The second-order valence-corrected chi connectivity index (χ2v) is 16.3. The number of furan rings is 1. The summed E-state index contributed by atoms with van der Waals surface area (Å²) in [5, 5.41) is 8.24. The van der Waals surface area contributed by atoms with Crippen molar-refractivity contribution in [3.8, 4) is 11.1 Å². The largest absolute Gasteiger partial charge is 0.456 e. The van der Waals surface area contributed by atoms with Gasteiger partial charge in [-0.15, -0.1) is 11.3 Å². The Morgan fingerprint density at radius 1 is 0.614 bits per heavy atom. The molecule has 0 amide bonds. The van der Waals surface area contributed by atoms with Gasteiger partial charge in [-0.1, -0.05) is 133 Å². The molecule has 57 heavy (non-hydrogen) atoms. The summed E-state index contributed by atoms with van der Waals surface area (Å²) in [5.74, 6) is 2.11. The molecule has 1 N–H and O–H groups in total. The summed E-state index contributed by atoms with van der Waals surface area (Å²) in [4.78, 5) is 12.9. The van der Waals surface area contributed by atoms with Gasteiger partial charge < -0.3 is 14.6 Å². The van der Waals surface area contributed by atoms with Crippen LogP contribution in [0.4, 0.5) is 11.4 Å². The molecule has 2 aliphatic heterocycles. The molecular formula is C51H36N4OS. The van der Waals surface area contributed by atoms with Crippen LogP contribution in [-0.2, 0) is 0 Å². The Morgan fingerprint density at radius 2 is 1.37 bits per heavy atom. The lowest BCUT2D eigenvalue weighted by molar-refractivity contribution is 0.573. The van der Waals surface area contributed by atoms with E-state index in [4.69, 9.17) is 14.4 Å². The van der Waals surface area contributed by atoms with Crippen LogP contribution in [0.1, 0.15) is 47.2 Å². The van der Waals surface area contributed by atoms with Gasteiger partial charge in [0.2, 0.25) is 0 Å². The molecule has 1 aliphatic carbocycles. The number of hydrogen-bond donors (Lipinski definition) is 1. The van der Waals surface area contributed by atoms with Crippen molar-refractivity contribution in [3.05, 3.63) is 192 Å². The Balaban J connectivity index is 0.959. The third-order valence-electron chi connectivity index (χ3n) is 12.0. The van der Waals surface area contributed by atoms with Gasteiger partial charge in [0.15, 0.2) is 6.17 Å². The number of benzene rings is 7. The Kier molecular flexibility index (Phi) is 7.35. The van der Waals surface area contributed by atoms with Gasteiger partial charge in [0.05, 0.1) is 6.04 Å². The average Bonchev–Trinajstić information content (AvgIpc) is 3.96. The van der Waals surface area contributed by atoms with Crippen LogP contribution in [0.15, 0.2) is 184 Å². The molecule has 4 heterocycles. The molecule has 0 fully saturated rings. The van der Waals surface area contributed by atoms with E-state index in [1.165, 1.54) is 54.7 Å². The van der Waals surface area contributed by atoms with Gasteiger partial charge in [-0.3, -0.25) is 0 Å². The van der Waals surface area contributed by atoms with E-state index in [0.717, 1.165) is 56.7 Å². The number of nitrogens with one attached hydrogen (secondary N) is 1. The molecule has 3 aliphatic rings. The zero-order valence-electron chi connectivity index (χ0n) is 31.0. The first-order valence-corrected chi connectivity index (χ1v) is 20.6. The number of amidine groups is 2. The van der Waals surface area contributed by atoms with E-state index in [-0.39, 0.29) is 0 Å². The standard InChI is InChI=1S/C51H36N4OS/c1-3-13-31(14-4-1)49-52-50(32-15-5-2-6-16-32)54-51(53-49)40-21-11-20-38-41-29-33(25-28-44(41)56-48(38)40)35-19-12-24-45-47(35)39-27-26-34(30-46(39)57-45)55-42-22-9-7-17-36(42)37-18-8-10-23-43(37)55/h1-7,9-17,19-30,37,43,51H,8,18H2,(H,52,53,54). The maximum atomic E-state index is 6.71. The van der Waals surface area contributed by atoms with E-state index in [2.05, 4.69) is 144 Å². The number of hydrogen-bond acceptors (Lipinski definition) is 6. The van der Waals surface area contributed by atoms with Crippen LogP contribution >= 0.6 is 11.3 Å². The van der Waals surface area contributed by atoms with Gasteiger partial charge in [-0.25, -0.2) is 9.98 Å². The lowest BCUT2D eigenvalue weighted by atomic mass is 9.86. The van der Waals surface area contributed by atoms with Crippen molar-refractivity contribution in [1.29, 1.82) is 0 Å². The monoisotopic (exact) mass is 752 g/mol. The van der Waals surface area contributed by atoms with Crippen molar-refractivity contribution < 1.29 is 4.42 Å². The van der Waals surface area contributed by atoms with Crippen LogP contribution in [0.25, 0.3) is 53.2 Å². The molecule has 2 atom stereocenters. The van der Waals surface area contributed by atoms with Crippen molar-refractivity contribution in [2.45, 2.75) is 31.0 Å². The van der Waals surface area contributed by atoms with Gasteiger partial charge in [0, 0.05) is 64.9 Å². The molecule has 0 saturated carbocycles. The van der Waals surface area contributed by atoms with E-state index in [1.807, 2.05) is 47.7 Å². The van der Waals surface area contributed by atoms with E-state index >= 15 is 0 Å². The lowest BCUT2D eigenvalue weighted by Crippen LogP contribution is -2.36. The highest BCUT2D eigenvalue weighted by Crippen LogP contribution is 2.51. The molecular weight excluding hydrogens is 717 g/mol. The fraction of sp³-hybridized carbons (Fsp3) is 0.0980. The topological polar surface area (TPSA) is 53.1 Å². The van der Waals surface area contributed by atoms with Crippen molar-refractivity contribution in [1.82, 2.24) is 5.32 Å². The van der Waals surface area contributed by atoms with Gasteiger partial charge >= 0.3 is 0 Å². The van der Waals surface area contributed by atoms with Gasteiger partial charge in [-0.2, -0.15) is 0 Å². The molecule has 12 rings (SSSR count). The number of para-hydroxylation sites is 2. The summed E-state index contributed by atoms with van der Waals surface area (Å²) in [6.45, 7) is 0. The molecule has 272 valence electrons. The van der Waals surface area contributed by atoms with Crippen LogP contribution in [0.2, 0.25) is 0 Å². The molecule has 7 aromatic carbocycles. The SMILES string of the molecule is C1=CC2C(CC1)c1ccccc1N2c1ccc2c(c1)sc1cccc(-c3ccc4oc5c(C6N=C(c7ccccc7)NC(c7ccccc7)=N6)cccc5c4c3)c12. The first-order chi connectivity index (χ1) is 28.2. The van der Waals surface area contributed by atoms with Crippen molar-refractivity contribution in [2.75, 3.05) is 4.90 Å². The van der Waals surface area contributed by atoms with Crippen molar-refractivity contribution >= 4 is 76.5 Å². The molecule has 6 heteroatoms. The molecule has 0 spiro atoms. The summed E-state index contributed by atoms with van der Waals surface area (Å²) in [5.41, 5.74) is 11.1. The Bertz CT molecular complexity index is 3080. The quantitative estimate of drug-likeness (QED) is 0.178. The Labute approximate surface area is 333 Å². The summed E-state index contributed by atoms with van der Waals surface area (Å²) in [6, 6.07) is 56.6. The minimum atomic E-state index is -0.481. The highest BCUT2D eigenvalue weighted by Gasteiger charge is 2.38. The van der Waals surface area contributed by atoms with Crippen LogP contribution in [0.3, 0.4) is 0 Å². The molecule has 9 aromatic rings. The maximum absolute atomic E-state index is 6.71. The van der Waals surface area contributed by atoms with Crippen LogP contribution < -0.4 is 10.2 Å². The zero-order valence-corrected chi connectivity index (χ0v) is 31.8. The fourth-order valence-electron chi connectivity index (χ4n) is 9.38. The molecule has 0 radical (unpaired) electrons. The second-order valence-electron chi connectivity index (χ2n) is 15.2. The van der Waals surface area contributed by atoms with Crippen LogP contribution in [0, 0.1) is 0 Å². The number of aliphatic imine (C=N–C) groups is 2. The Morgan fingerprint density at radius 3 is 2.19 bits per heavy atom. The second kappa shape index (κ2) is 12.9. The lowest BCUT2D eigenvalue weighted by Gasteiger charge is -2.30. The first kappa shape index (κ1) is 32.5. The predicted octanol–water partition coefficient (Wildman–Crippen LogP) is 13.1. The molecule has 2 unspecified atom stereocenters. The number of allylic oxidation sites excluding steroid dienone is 1. The van der Waals surface area contributed by atoms with E-state index in [0.29, 0.717) is 12.0 Å². The normalized spacial score (nSPS) is 17.9. The zero-order chi connectivity index (χ0) is 37.5. The summed E-state index contributed by atoms with van der Waals surface area (Å²) in [7, 11) is 0. The Hall–Kier alpha value is -6.76. The maximum Gasteiger partial charge on any atom is 0.173 e. The minimum absolute atomic E-state index is 0.362. The van der Waals surface area contributed by atoms with Gasteiger partial charge in [0.25, 0.3) is 0 Å². The third kappa shape index (κ3) is 5.21. The van der Waals surface area contributed by atoms with E-state index < -0.39 is 6.17 Å². The van der Waals surface area contributed by atoms with Crippen LogP contribution in [-0.4, -0.2) is 17.7 Å². The molecule has 2 aromatic heterocycles. The number of nitrogens with zero attached hydrogens (tertiary/aromatic N) is 3. The molecule has 5 nitrogen and oxygen atoms in total. The number of thiophene rings is 1. The van der Waals surface area contributed by atoms with Gasteiger partial charge in [0.1, 0.15) is 22.8 Å². The number of rotatable bonds is 5. The minimum Gasteiger partial charge on any atom is -0.456 e. The highest BCUT2D eigenvalue weighted by molar-refractivity contribution is 7.26. The molecule has 0 bridgehead atoms. The van der Waals surface area contributed by atoms with Crippen molar-refractivity contribution in [2.24, 2.45) is 9.98 Å². The van der Waals surface area contributed by atoms with Gasteiger partial charge in [-0.05, 0) is 65.9 Å². The van der Waals surface area contributed by atoms with Crippen molar-refractivity contribution in [3.63, 3.8) is 0 Å². The molecule has 0 saturated heterocycles. The first-order valence-electron chi connectivity index (χ1n) is 19.7. The van der Waals surface area contributed by atoms with E-state index in [9.17, 15) is 0 Å². The summed E-state index contributed by atoms with van der Waals surface area (Å²) >= 11 is 1.88. The fourth-order valence-corrected chi connectivity index (χ4v) is 10.6. The number of fused-ring (bicyclic) bond motifs is 9. The third-order valence-corrected chi connectivity index (χ3v) is 13.1. The highest BCUT2D eigenvalue weighted by atomic mass is 32.1. The number of anilines is 2. The summed E-state index contributed by atoms with van der Waals surface area (Å²) in [6.07, 6.45) is 6.66. The average molecular weight is 753 g/mol. The predicted molar refractivity (Wildman–Crippen MR) is 237 cm³/mol. The van der Waals surface area contributed by atoms with E-state index in [1.54, 1.807) is 0 Å². The smallest absolute Gasteiger partial charge is 0.173 e. The summed E-state index contributed by atoms with van der Waals surface area (Å²) < 4.78 is 9.31. The van der Waals surface area contributed by atoms with Crippen LogP contribution in [0.5, 0.6) is 0 Å².